The SMILES string of the molecule is CS(=O)(=O)NC(=O)c1cc(C2CC2)c(OCC2CCN(Cc3cc(C(F)(F)F)cc(Cl)c3F)CC2)cc1F. The van der Waals surface area contributed by atoms with E-state index in [0.29, 0.717) is 43.3 Å². The lowest BCUT2D eigenvalue weighted by molar-refractivity contribution is -0.137. The molecule has 2 fully saturated rings. The third-order valence-corrected chi connectivity index (χ3v) is 7.48. The van der Waals surface area contributed by atoms with Gasteiger partial charge >= 0.3 is 6.18 Å². The van der Waals surface area contributed by atoms with Crippen molar-refractivity contribution in [2.75, 3.05) is 26.0 Å². The van der Waals surface area contributed by atoms with Crippen molar-refractivity contribution in [1.82, 2.24) is 9.62 Å². The van der Waals surface area contributed by atoms with E-state index < -0.39 is 44.3 Å². The lowest BCUT2D eigenvalue weighted by atomic mass is 9.97. The minimum absolute atomic E-state index is 0.0168. The number of benzene rings is 2. The summed E-state index contributed by atoms with van der Waals surface area (Å²) >= 11 is 5.69. The summed E-state index contributed by atoms with van der Waals surface area (Å²) in [6.07, 6.45) is -0.897. The predicted molar refractivity (Wildman–Crippen MR) is 131 cm³/mol. The number of ether oxygens (including phenoxy) is 1. The number of amides is 1. The summed E-state index contributed by atoms with van der Waals surface area (Å²) in [4.78, 5) is 14.0. The smallest absolute Gasteiger partial charge is 0.416 e. The normalized spacial score (nSPS) is 17.4. The topological polar surface area (TPSA) is 75.7 Å². The van der Waals surface area contributed by atoms with E-state index >= 15 is 0 Å². The molecule has 1 aliphatic carbocycles. The highest BCUT2D eigenvalue weighted by Gasteiger charge is 2.33. The van der Waals surface area contributed by atoms with E-state index in [1.807, 2.05) is 4.90 Å². The molecule has 0 unspecified atom stereocenters. The molecule has 2 aromatic carbocycles. The Labute approximate surface area is 222 Å². The van der Waals surface area contributed by atoms with Crippen molar-refractivity contribution in [3.05, 3.63) is 63.2 Å². The Morgan fingerprint density at radius 3 is 2.34 bits per heavy atom. The third-order valence-electron chi connectivity index (χ3n) is 6.65. The average Bonchev–Trinajstić information content (AvgIpc) is 3.65. The molecule has 2 aromatic rings. The molecular formula is C25H26ClF5N2O4S. The average molecular weight is 581 g/mol. The van der Waals surface area contributed by atoms with Crippen molar-refractivity contribution in [2.45, 2.75) is 44.3 Å². The van der Waals surface area contributed by atoms with Gasteiger partial charge in [0.05, 0.1) is 29.0 Å². The molecule has 1 saturated carbocycles. The minimum Gasteiger partial charge on any atom is -0.493 e. The molecule has 0 spiro atoms. The summed E-state index contributed by atoms with van der Waals surface area (Å²) in [5, 5.41) is -0.573. The number of hydrogen-bond donors (Lipinski definition) is 1. The van der Waals surface area contributed by atoms with Gasteiger partial charge in [0.15, 0.2) is 0 Å². The lowest BCUT2D eigenvalue weighted by Gasteiger charge is -2.32. The fourth-order valence-corrected chi connectivity index (χ4v) is 5.18. The second kappa shape index (κ2) is 11.0. The van der Waals surface area contributed by atoms with E-state index in [2.05, 4.69) is 0 Å². The van der Waals surface area contributed by atoms with Gasteiger partial charge in [-0.3, -0.25) is 9.69 Å². The molecule has 0 bridgehead atoms. The molecule has 1 aliphatic heterocycles. The third kappa shape index (κ3) is 7.15. The van der Waals surface area contributed by atoms with Crippen molar-refractivity contribution in [3.8, 4) is 5.75 Å². The van der Waals surface area contributed by atoms with Crippen LogP contribution in [-0.2, 0) is 22.7 Å². The first-order chi connectivity index (χ1) is 17.7. The van der Waals surface area contributed by atoms with Gasteiger partial charge in [-0.25, -0.2) is 21.9 Å². The van der Waals surface area contributed by atoms with Gasteiger partial charge in [-0.05, 0) is 74.4 Å². The number of alkyl halides is 3. The molecule has 0 radical (unpaired) electrons. The van der Waals surface area contributed by atoms with Gasteiger partial charge in [0.25, 0.3) is 5.91 Å². The number of nitrogens with zero attached hydrogens (tertiary/aromatic N) is 1. The Morgan fingerprint density at radius 2 is 1.76 bits per heavy atom. The molecule has 13 heteroatoms. The summed E-state index contributed by atoms with van der Waals surface area (Å²) in [5.41, 5.74) is -0.857. The highest BCUT2D eigenvalue weighted by Crippen LogP contribution is 2.45. The van der Waals surface area contributed by atoms with Crippen LogP contribution in [0.5, 0.6) is 5.75 Å². The fourth-order valence-electron chi connectivity index (χ4n) is 4.49. The Bertz CT molecular complexity index is 1320. The van der Waals surface area contributed by atoms with Crippen LogP contribution >= 0.6 is 11.6 Å². The summed E-state index contributed by atoms with van der Waals surface area (Å²) in [6, 6.07) is 3.79. The summed E-state index contributed by atoms with van der Waals surface area (Å²) in [6.45, 7) is 1.23. The minimum atomic E-state index is -4.63. The van der Waals surface area contributed by atoms with Crippen LogP contribution in [0, 0.1) is 17.6 Å². The largest absolute Gasteiger partial charge is 0.493 e. The monoisotopic (exact) mass is 580 g/mol. The molecule has 38 heavy (non-hydrogen) atoms. The number of piperidine rings is 1. The van der Waals surface area contributed by atoms with E-state index in [9.17, 15) is 35.2 Å². The molecule has 6 nitrogen and oxygen atoms in total. The van der Waals surface area contributed by atoms with Crippen LogP contribution in [0.3, 0.4) is 0 Å². The first-order valence-electron chi connectivity index (χ1n) is 12.0. The van der Waals surface area contributed by atoms with Crippen LogP contribution < -0.4 is 9.46 Å². The zero-order valence-electron chi connectivity index (χ0n) is 20.4. The Morgan fingerprint density at radius 1 is 1.11 bits per heavy atom. The van der Waals surface area contributed by atoms with Crippen molar-refractivity contribution >= 4 is 27.5 Å². The van der Waals surface area contributed by atoms with E-state index in [0.717, 1.165) is 31.2 Å². The summed E-state index contributed by atoms with van der Waals surface area (Å²) in [7, 11) is -3.86. The molecule has 1 heterocycles. The maximum atomic E-state index is 14.7. The van der Waals surface area contributed by atoms with E-state index in [1.165, 1.54) is 6.07 Å². The number of halogens is 6. The van der Waals surface area contributed by atoms with Crippen LogP contribution in [0.1, 0.15) is 58.6 Å². The maximum Gasteiger partial charge on any atom is 0.416 e. The number of rotatable bonds is 8. The number of sulfonamides is 1. The second-order valence-electron chi connectivity index (χ2n) is 9.81. The van der Waals surface area contributed by atoms with Crippen LogP contribution in [-0.4, -0.2) is 45.2 Å². The van der Waals surface area contributed by atoms with Crippen LogP contribution in [0.25, 0.3) is 0 Å². The quantitative estimate of drug-likeness (QED) is 0.418. The molecular weight excluding hydrogens is 555 g/mol. The Kier molecular flexibility index (Phi) is 8.25. The number of carbonyl (C=O) groups excluding carboxylic acids is 1. The van der Waals surface area contributed by atoms with Crippen molar-refractivity contribution in [2.24, 2.45) is 5.92 Å². The molecule has 2 aliphatic rings. The number of carbonyl (C=O) groups is 1. The van der Waals surface area contributed by atoms with E-state index in [-0.39, 0.29) is 36.1 Å². The molecule has 1 N–H and O–H groups in total. The van der Waals surface area contributed by atoms with Crippen molar-refractivity contribution in [3.63, 3.8) is 0 Å². The first kappa shape index (κ1) is 28.6. The molecule has 208 valence electrons. The zero-order valence-corrected chi connectivity index (χ0v) is 21.9. The van der Waals surface area contributed by atoms with Crippen LogP contribution in [0.15, 0.2) is 24.3 Å². The van der Waals surface area contributed by atoms with Gasteiger partial charge in [0.2, 0.25) is 10.0 Å². The highest BCUT2D eigenvalue weighted by atomic mass is 35.5. The van der Waals surface area contributed by atoms with Gasteiger partial charge in [-0.2, -0.15) is 13.2 Å². The van der Waals surface area contributed by atoms with Gasteiger partial charge in [-0.1, -0.05) is 11.6 Å². The fraction of sp³-hybridized carbons (Fsp3) is 0.480. The van der Waals surface area contributed by atoms with Gasteiger partial charge in [-0.15, -0.1) is 0 Å². The highest BCUT2D eigenvalue weighted by molar-refractivity contribution is 7.89. The van der Waals surface area contributed by atoms with Gasteiger partial charge in [0.1, 0.15) is 17.4 Å². The lowest BCUT2D eigenvalue weighted by Crippen LogP contribution is -2.35. The van der Waals surface area contributed by atoms with E-state index in [1.54, 1.807) is 4.72 Å². The molecule has 1 saturated heterocycles. The first-order valence-corrected chi connectivity index (χ1v) is 14.2. The molecule has 0 atom stereocenters. The van der Waals surface area contributed by atoms with Crippen LogP contribution in [0.4, 0.5) is 22.0 Å². The van der Waals surface area contributed by atoms with Crippen molar-refractivity contribution in [1.29, 1.82) is 0 Å². The second-order valence-corrected chi connectivity index (χ2v) is 12.0. The van der Waals surface area contributed by atoms with Crippen molar-refractivity contribution < 1.29 is 39.9 Å². The van der Waals surface area contributed by atoms with Crippen LogP contribution in [0.2, 0.25) is 5.02 Å². The van der Waals surface area contributed by atoms with Gasteiger partial charge in [0, 0.05) is 18.2 Å². The Balaban J connectivity index is 1.37. The zero-order chi connectivity index (χ0) is 27.8. The van der Waals surface area contributed by atoms with Gasteiger partial charge < -0.3 is 4.74 Å². The predicted octanol–water partition coefficient (Wildman–Crippen LogP) is 5.49. The summed E-state index contributed by atoms with van der Waals surface area (Å²) in [5.74, 6) is -2.36. The van der Waals surface area contributed by atoms with E-state index in [4.69, 9.17) is 16.3 Å². The standard InChI is InChI=1S/C25H26ClF5N2O4S/c1-38(35,36)32-24(34)19-10-18(15-2-3-15)22(11-21(19)27)37-13-14-4-6-33(7-5-14)12-16-8-17(25(29,30)31)9-20(26)23(16)28/h8-11,14-15H,2-7,12-13H2,1H3,(H,32,34). The number of likely N-dealkylation sites (tertiary alicyclic amines) is 1. The molecule has 1 amide bonds. The Hall–Kier alpha value is -2.44. The molecule has 0 aromatic heterocycles. The summed E-state index contributed by atoms with van der Waals surface area (Å²) < 4.78 is 98.7. The number of hydrogen-bond acceptors (Lipinski definition) is 5. The number of nitrogens with one attached hydrogen (secondary N) is 1. The molecule has 4 rings (SSSR count). The maximum absolute atomic E-state index is 14.7.